The van der Waals surface area contributed by atoms with Crippen molar-refractivity contribution in [1.82, 2.24) is 4.98 Å². The van der Waals surface area contributed by atoms with Gasteiger partial charge in [-0.25, -0.2) is 4.98 Å². The van der Waals surface area contributed by atoms with E-state index in [4.69, 9.17) is 21.8 Å². The number of benzene rings is 2. The summed E-state index contributed by atoms with van der Waals surface area (Å²) in [5.74, 6) is 0. The van der Waals surface area contributed by atoms with E-state index in [0.29, 0.717) is 17.9 Å². The monoisotopic (exact) mass is 323 g/mol. The van der Waals surface area contributed by atoms with E-state index >= 15 is 0 Å². The molecular formula is C18H14ClN3O. The molecule has 0 amide bonds. The van der Waals surface area contributed by atoms with Crippen LogP contribution in [0.2, 0.25) is 5.02 Å². The van der Waals surface area contributed by atoms with Crippen LogP contribution in [0.1, 0.15) is 5.56 Å². The molecule has 4 aromatic rings. The van der Waals surface area contributed by atoms with E-state index in [-0.39, 0.29) is 0 Å². The van der Waals surface area contributed by atoms with Crippen molar-refractivity contribution in [3.8, 4) is 0 Å². The van der Waals surface area contributed by atoms with Gasteiger partial charge < -0.3 is 15.5 Å². The molecule has 0 aliphatic rings. The van der Waals surface area contributed by atoms with Crippen LogP contribution in [-0.4, -0.2) is 4.98 Å². The highest BCUT2D eigenvalue weighted by atomic mass is 35.5. The van der Waals surface area contributed by atoms with E-state index in [9.17, 15) is 0 Å². The van der Waals surface area contributed by atoms with E-state index in [2.05, 4.69) is 10.3 Å². The molecule has 0 aliphatic heterocycles. The summed E-state index contributed by atoms with van der Waals surface area (Å²) >= 11 is 6.03. The zero-order chi connectivity index (χ0) is 15.8. The summed E-state index contributed by atoms with van der Waals surface area (Å²) in [5.41, 5.74) is 10.0. The van der Waals surface area contributed by atoms with Gasteiger partial charge in [-0.1, -0.05) is 23.7 Å². The molecular weight excluding hydrogens is 310 g/mol. The number of nitrogens with one attached hydrogen (secondary N) is 1. The van der Waals surface area contributed by atoms with Crippen molar-refractivity contribution in [2.75, 3.05) is 11.1 Å². The van der Waals surface area contributed by atoms with Gasteiger partial charge in [0.1, 0.15) is 5.58 Å². The molecule has 0 atom stereocenters. The number of nitrogen functional groups attached to an aromatic ring is 1. The Morgan fingerprint density at radius 2 is 2.04 bits per heavy atom. The topological polar surface area (TPSA) is 64.1 Å². The lowest BCUT2D eigenvalue weighted by Gasteiger charge is -2.08. The molecule has 4 rings (SSSR count). The number of hydrogen-bond donors (Lipinski definition) is 2. The van der Waals surface area contributed by atoms with Crippen molar-refractivity contribution >= 4 is 45.0 Å². The van der Waals surface area contributed by atoms with Crippen molar-refractivity contribution in [2.24, 2.45) is 0 Å². The molecule has 0 radical (unpaired) electrons. The molecule has 0 unspecified atom stereocenters. The van der Waals surface area contributed by atoms with Crippen LogP contribution in [0.5, 0.6) is 0 Å². The van der Waals surface area contributed by atoms with Gasteiger partial charge in [-0.2, -0.15) is 0 Å². The average molecular weight is 324 g/mol. The van der Waals surface area contributed by atoms with Crippen LogP contribution >= 0.6 is 11.6 Å². The molecule has 2 aromatic carbocycles. The van der Waals surface area contributed by atoms with E-state index in [1.807, 2.05) is 48.5 Å². The number of fused-ring (bicyclic) bond motifs is 3. The number of anilines is 2. The van der Waals surface area contributed by atoms with E-state index in [1.54, 1.807) is 6.20 Å². The maximum Gasteiger partial charge on any atom is 0.229 e. The fraction of sp³-hybridized carbons (Fsp3) is 0.0556. The summed E-state index contributed by atoms with van der Waals surface area (Å²) in [6, 6.07) is 15.3. The molecule has 0 fully saturated rings. The third-order valence-corrected chi connectivity index (χ3v) is 4.00. The van der Waals surface area contributed by atoms with Gasteiger partial charge in [-0.05, 0) is 42.0 Å². The fourth-order valence-electron chi connectivity index (χ4n) is 2.71. The van der Waals surface area contributed by atoms with Crippen molar-refractivity contribution < 1.29 is 4.42 Å². The molecule has 0 saturated carbocycles. The Kier molecular flexibility index (Phi) is 3.32. The zero-order valence-corrected chi connectivity index (χ0v) is 13.0. The summed E-state index contributed by atoms with van der Waals surface area (Å²) < 4.78 is 5.79. The minimum atomic E-state index is 0.599. The Morgan fingerprint density at radius 3 is 2.91 bits per heavy atom. The van der Waals surface area contributed by atoms with Gasteiger partial charge in [-0.3, -0.25) is 0 Å². The first-order chi connectivity index (χ1) is 11.2. The molecule has 5 heteroatoms. The Hall–Kier alpha value is -2.72. The first-order valence-electron chi connectivity index (χ1n) is 7.26. The van der Waals surface area contributed by atoms with Crippen molar-refractivity contribution in [2.45, 2.75) is 6.54 Å². The van der Waals surface area contributed by atoms with Crippen LogP contribution < -0.4 is 11.1 Å². The second-order valence-corrected chi connectivity index (χ2v) is 5.82. The van der Waals surface area contributed by atoms with E-state index < -0.39 is 0 Å². The summed E-state index contributed by atoms with van der Waals surface area (Å²) in [6.07, 6.45) is 1.73. The van der Waals surface area contributed by atoms with Crippen LogP contribution in [0.3, 0.4) is 0 Å². The molecule has 114 valence electrons. The molecule has 4 nitrogen and oxygen atoms in total. The standard InChI is InChI=1S/C18H14ClN3O/c19-12-3-1-2-11(8-12)10-22-15-6-7-21-18-17(15)14-9-13(20)4-5-16(14)23-18/h1-9H,10,20H2,(H,21,22). The van der Waals surface area contributed by atoms with Gasteiger partial charge in [0, 0.05) is 34.5 Å². The molecule has 0 aliphatic carbocycles. The normalized spacial score (nSPS) is 11.2. The number of nitrogens with two attached hydrogens (primary N) is 1. The van der Waals surface area contributed by atoms with Gasteiger partial charge in [0.25, 0.3) is 0 Å². The van der Waals surface area contributed by atoms with Crippen LogP contribution in [0.15, 0.2) is 59.1 Å². The maximum atomic E-state index is 6.03. The summed E-state index contributed by atoms with van der Waals surface area (Å²) in [7, 11) is 0. The van der Waals surface area contributed by atoms with Gasteiger partial charge in [0.15, 0.2) is 0 Å². The Morgan fingerprint density at radius 1 is 1.13 bits per heavy atom. The second-order valence-electron chi connectivity index (χ2n) is 5.38. The van der Waals surface area contributed by atoms with E-state index in [1.165, 1.54) is 0 Å². The highest BCUT2D eigenvalue weighted by molar-refractivity contribution is 6.30. The lowest BCUT2D eigenvalue weighted by Crippen LogP contribution is -1.99. The Bertz CT molecular complexity index is 1010. The first-order valence-corrected chi connectivity index (χ1v) is 7.63. The van der Waals surface area contributed by atoms with E-state index in [0.717, 1.165) is 32.6 Å². The highest BCUT2D eigenvalue weighted by Crippen LogP contribution is 2.34. The fourth-order valence-corrected chi connectivity index (χ4v) is 2.92. The second kappa shape index (κ2) is 5.48. The van der Waals surface area contributed by atoms with Crippen LogP contribution in [0, 0.1) is 0 Å². The number of aromatic nitrogens is 1. The average Bonchev–Trinajstić information content (AvgIpc) is 2.91. The quantitative estimate of drug-likeness (QED) is 0.530. The highest BCUT2D eigenvalue weighted by Gasteiger charge is 2.12. The Labute approximate surface area is 137 Å². The van der Waals surface area contributed by atoms with Crippen molar-refractivity contribution in [3.05, 3.63) is 65.3 Å². The molecule has 0 spiro atoms. The predicted octanol–water partition coefficient (Wildman–Crippen LogP) is 4.83. The summed E-state index contributed by atoms with van der Waals surface area (Å²) in [6.45, 7) is 0.661. The molecule has 3 N–H and O–H groups in total. The minimum absolute atomic E-state index is 0.599. The first kappa shape index (κ1) is 13.9. The number of pyridine rings is 1. The smallest absolute Gasteiger partial charge is 0.229 e. The number of hydrogen-bond acceptors (Lipinski definition) is 4. The third-order valence-electron chi connectivity index (χ3n) is 3.77. The van der Waals surface area contributed by atoms with Gasteiger partial charge >= 0.3 is 0 Å². The van der Waals surface area contributed by atoms with Crippen molar-refractivity contribution in [1.29, 1.82) is 0 Å². The van der Waals surface area contributed by atoms with Gasteiger partial charge in [-0.15, -0.1) is 0 Å². The van der Waals surface area contributed by atoms with Crippen LogP contribution in [0.4, 0.5) is 11.4 Å². The lowest BCUT2D eigenvalue weighted by atomic mass is 10.1. The molecule has 23 heavy (non-hydrogen) atoms. The van der Waals surface area contributed by atoms with Gasteiger partial charge in [0.05, 0.1) is 5.39 Å². The maximum absolute atomic E-state index is 6.03. The summed E-state index contributed by atoms with van der Waals surface area (Å²) in [5, 5.41) is 6.06. The van der Waals surface area contributed by atoms with Crippen molar-refractivity contribution in [3.63, 3.8) is 0 Å². The Balaban J connectivity index is 1.77. The summed E-state index contributed by atoms with van der Waals surface area (Å²) in [4.78, 5) is 4.31. The number of rotatable bonds is 3. The predicted molar refractivity (Wildman–Crippen MR) is 94.7 cm³/mol. The number of halogens is 1. The minimum Gasteiger partial charge on any atom is -0.438 e. The third kappa shape index (κ3) is 2.58. The molecule has 0 saturated heterocycles. The molecule has 2 heterocycles. The molecule has 0 bridgehead atoms. The largest absolute Gasteiger partial charge is 0.438 e. The van der Waals surface area contributed by atoms with Crippen LogP contribution in [-0.2, 0) is 6.54 Å². The zero-order valence-electron chi connectivity index (χ0n) is 12.2. The van der Waals surface area contributed by atoms with Crippen LogP contribution in [0.25, 0.3) is 22.1 Å². The number of nitrogens with zero attached hydrogens (tertiary/aromatic N) is 1. The molecule has 2 aromatic heterocycles. The SMILES string of the molecule is Nc1ccc2oc3nccc(NCc4cccc(Cl)c4)c3c2c1. The lowest BCUT2D eigenvalue weighted by molar-refractivity contribution is 0.654. The number of furan rings is 1. The van der Waals surface area contributed by atoms with Gasteiger partial charge in [0.2, 0.25) is 5.71 Å².